The van der Waals surface area contributed by atoms with Crippen molar-refractivity contribution in [2.24, 2.45) is 4.99 Å². The zero-order valence-corrected chi connectivity index (χ0v) is 42.8. The van der Waals surface area contributed by atoms with Crippen molar-refractivity contribution in [2.75, 3.05) is 64.0 Å². The standard InChI is InChI=1S/C25H31FN4O4.C23H29FN4O3.C4H6O3.CH4/c1-6-29(7-2)11-10-27-24(32)23-15(3)21(28-16(23)4)13-20-19-12-18(26)8-9-22(19)30(25(20)33)14-34-17(5)31;1-5-27(6-2)10-9-25-22(30)21-14(3)19(26-15(21)4)12-18-17-11-16(24)7-8-20(17)28(13-29)23(18)31;1-3(5)7-4(2)6;/h8-9,12-13,28H,6-7,10-11,14H2,1-5H3,(H,27,32);7-8,11-12,29,31H,5-6,9-10,13H2,1-4H3,(H,25,30);1-2H3;1H4/b20-13-;;;. The predicted octanol–water partition coefficient (Wildman–Crippen LogP) is 7.01. The second-order valence-corrected chi connectivity index (χ2v) is 16.7. The molecule has 6 rings (SSSR count). The molecule has 2 aliphatic rings. The highest BCUT2D eigenvalue weighted by Gasteiger charge is 2.34. The predicted molar refractivity (Wildman–Crippen MR) is 278 cm³/mol. The highest BCUT2D eigenvalue weighted by molar-refractivity contribution is 6.35. The van der Waals surface area contributed by atoms with Gasteiger partial charge in [-0.1, -0.05) is 35.1 Å². The normalized spacial score (nSPS) is 13.9. The van der Waals surface area contributed by atoms with Crippen LogP contribution in [0.3, 0.4) is 0 Å². The molecule has 0 spiro atoms. The summed E-state index contributed by atoms with van der Waals surface area (Å²) >= 11 is 0. The molecular weight excluding hydrogens is 947 g/mol. The molecule has 2 aromatic heterocycles. The quantitative estimate of drug-likeness (QED) is 0.0409. The van der Waals surface area contributed by atoms with Crippen molar-refractivity contribution < 1.29 is 57.2 Å². The summed E-state index contributed by atoms with van der Waals surface area (Å²) in [5, 5.41) is 26.6. The van der Waals surface area contributed by atoms with Gasteiger partial charge in [0, 0.05) is 74.9 Å². The Hall–Kier alpha value is -7.29. The molecule has 0 fully saturated rings. The Morgan fingerprint density at radius 2 is 1.37 bits per heavy atom. The summed E-state index contributed by atoms with van der Waals surface area (Å²) in [4.78, 5) is 83.1. The Morgan fingerprint density at radius 1 is 0.808 bits per heavy atom. The third-order valence-corrected chi connectivity index (χ3v) is 12.0. The first kappa shape index (κ1) is 60.0. The van der Waals surface area contributed by atoms with Gasteiger partial charge in [-0.25, -0.2) is 8.78 Å². The molecule has 2 aliphatic heterocycles. The average Bonchev–Trinajstić information content (AvgIpc) is 3.96. The molecule has 4 aromatic rings. The highest BCUT2D eigenvalue weighted by Crippen LogP contribution is 2.39. The molecule has 0 aliphatic carbocycles. The number of nitrogens with zero attached hydrogens (tertiary/aromatic N) is 5. The Labute approximate surface area is 425 Å². The lowest BCUT2D eigenvalue weighted by Gasteiger charge is -2.18. The number of allylic oxidation sites excluding steroid dienone is 1. The fraction of sp³-hybridized carbons (Fsp3) is 0.415. The minimum Gasteiger partial charge on any atom is -0.494 e. The van der Waals surface area contributed by atoms with Crippen molar-refractivity contribution >= 4 is 75.7 Å². The summed E-state index contributed by atoms with van der Waals surface area (Å²) in [6.07, 6.45) is 3.24. The summed E-state index contributed by atoms with van der Waals surface area (Å²) in [6, 6.07) is 8.09. The summed E-state index contributed by atoms with van der Waals surface area (Å²) in [5.41, 5.74) is 6.70. The number of esters is 3. The second kappa shape index (κ2) is 27.5. The first-order valence-corrected chi connectivity index (χ1v) is 23.6. The number of aromatic amines is 1. The van der Waals surface area contributed by atoms with Crippen LogP contribution >= 0.6 is 0 Å². The number of aryl methyl sites for hydroxylation is 1. The van der Waals surface area contributed by atoms with Crippen LogP contribution in [0.2, 0.25) is 0 Å². The van der Waals surface area contributed by atoms with Crippen molar-refractivity contribution in [3.05, 3.63) is 98.5 Å². The summed E-state index contributed by atoms with van der Waals surface area (Å²) < 4.78 is 38.1. The first-order valence-electron chi connectivity index (χ1n) is 23.6. The van der Waals surface area contributed by atoms with Gasteiger partial charge >= 0.3 is 17.9 Å². The molecular formula is C53H70F2N8O10. The zero-order valence-electron chi connectivity index (χ0n) is 42.8. The minimum atomic E-state index is -0.562. The molecule has 0 radical (unpaired) electrons. The van der Waals surface area contributed by atoms with E-state index in [0.29, 0.717) is 85.9 Å². The third kappa shape index (κ3) is 15.1. The number of anilines is 1. The van der Waals surface area contributed by atoms with E-state index in [2.05, 4.69) is 62.8 Å². The molecule has 0 bridgehead atoms. The van der Waals surface area contributed by atoms with Gasteiger partial charge in [-0.15, -0.1) is 0 Å². The smallest absolute Gasteiger partial charge is 0.310 e. The van der Waals surface area contributed by atoms with Gasteiger partial charge in [-0.05, 0) is 114 Å². The van der Waals surface area contributed by atoms with Crippen LogP contribution in [0.4, 0.5) is 14.5 Å². The Bertz CT molecular complexity index is 2800. The zero-order chi connectivity index (χ0) is 53.6. The first-order chi connectivity index (χ1) is 34.1. The van der Waals surface area contributed by atoms with Crippen LogP contribution in [0.25, 0.3) is 28.6 Å². The number of fused-ring (bicyclic) bond motifs is 2. The van der Waals surface area contributed by atoms with E-state index >= 15 is 0 Å². The van der Waals surface area contributed by atoms with Gasteiger partial charge in [-0.3, -0.25) is 43.2 Å². The van der Waals surface area contributed by atoms with E-state index in [4.69, 9.17) is 4.74 Å². The number of nitrogens with one attached hydrogen (secondary N) is 3. The minimum absolute atomic E-state index is 0. The molecule has 2 aromatic carbocycles. The fourth-order valence-corrected chi connectivity index (χ4v) is 8.23. The lowest BCUT2D eigenvalue weighted by molar-refractivity contribution is -0.156. The number of halogens is 2. The SMILES string of the molecule is C.CC(=O)OC(C)=O.CCN(CC)CCNC(=O)C1=C(C)C(=Cc2c(O)n(CO)c3ccc(F)cc23)N=C1C.CCN(CC)CCNC(=O)c1c(C)[nH]c(/C=C2\C(=O)N(COC(C)=O)c3ccc(F)cc32)c1C. The molecule has 396 valence electrons. The molecule has 0 atom stereocenters. The number of carbonyl (C=O) groups excluding carboxylic acids is 6. The molecule has 4 heterocycles. The number of carbonyl (C=O) groups is 6. The maximum absolute atomic E-state index is 14.0. The van der Waals surface area contributed by atoms with Crippen molar-refractivity contribution in [3.8, 4) is 5.88 Å². The van der Waals surface area contributed by atoms with Gasteiger partial charge in [0.1, 0.15) is 18.4 Å². The number of hydrogen-bond donors (Lipinski definition) is 5. The Kier molecular flexibility index (Phi) is 22.6. The van der Waals surface area contributed by atoms with Gasteiger partial charge in [0.25, 0.3) is 17.7 Å². The molecule has 73 heavy (non-hydrogen) atoms. The van der Waals surface area contributed by atoms with Crippen LogP contribution in [0.5, 0.6) is 5.88 Å². The van der Waals surface area contributed by atoms with E-state index in [0.717, 1.165) is 39.3 Å². The van der Waals surface area contributed by atoms with Crippen molar-refractivity contribution in [1.82, 2.24) is 30.0 Å². The third-order valence-electron chi connectivity index (χ3n) is 12.0. The number of amides is 3. The van der Waals surface area contributed by atoms with Crippen LogP contribution in [-0.2, 0) is 40.2 Å². The maximum atomic E-state index is 14.0. The molecule has 0 saturated carbocycles. The van der Waals surface area contributed by atoms with E-state index < -0.39 is 42.2 Å². The maximum Gasteiger partial charge on any atom is 0.310 e. The summed E-state index contributed by atoms with van der Waals surface area (Å²) in [7, 11) is 0. The fourth-order valence-electron chi connectivity index (χ4n) is 8.23. The van der Waals surface area contributed by atoms with Gasteiger partial charge < -0.3 is 45.1 Å². The number of H-pyrrole nitrogens is 1. The molecule has 0 saturated heterocycles. The number of rotatable bonds is 17. The largest absolute Gasteiger partial charge is 0.494 e. The van der Waals surface area contributed by atoms with E-state index in [-0.39, 0.29) is 37.4 Å². The van der Waals surface area contributed by atoms with E-state index in [1.807, 2.05) is 0 Å². The number of benzene rings is 2. The second-order valence-electron chi connectivity index (χ2n) is 16.7. The number of ether oxygens (including phenoxy) is 2. The summed E-state index contributed by atoms with van der Waals surface area (Å²) in [5.74, 6) is -3.58. The van der Waals surface area contributed by atoms with Gasteiger partial charge in [0.05, 0.1) is 39.3 Å². The lowest BCUT2D eigenvalue weighted by atomic mass is 10.0. The molecule has 3 amide bonds. The van der Waals surface area contributed by atoms with E-state index in [1.165, 1.54) is 66.6 Å². The monoisotopic (exact) mass is 1020 g/mol. The van der Waals surface area contributed by atoms with Crippen LogP contribution in [-0.4, -0.2) is 130 Å². The number of aromatic hydroxyl groups is 1. The van der Waals surface area contributed by atoms with Crippen molar-refractivity contribution in [1.29, 1.82) is 0 Å². The lowest BCUT2D eigenvalue weighted by Crippen LogP contribution is -2.36. The van der Waals surface area contributed by atoms with Crippen molar-refractivity contribution in [3.63, 3.8) is 0 Å². The molecule has 20 heteroatoms. The van der Waals surface area contributed by atoms with Crippen molar-refractivity contribution in [2.45, 2.75) is 90.3 Å². The van der Waals surface area contributed by atoms with Gasteiger partial charge in [-0.2, -0.15) is 0 Å². The van der Waals surface area contributed by atoms with E-state index in [1.54, 1.807) is 39.8 Å². The average molecular weight is 1020 g/mol. The van der Waals surface area contributed by atoms with Crippen LogP contribution < -0.4 is 15.5 Å². The number of aromatic nitrogens is 2. The number of aliphatic hydroxyl groups excluding tert-OH is 1. The number of likely N-dealkylation sites (N-methyl/N-ethyl adjacent to an activating group) is 2. The number of aliphatic imine (C=N–C) groups is 1. The van der Waals surface area contributed by atoms with E-state index in [9.17, 15) is 47.8 Å². The highest BCUT2D eigenvalue weighted by atomic mass is 19.1. The summed E-state index contributed by atoms with van der Waals surface area (Å²) in [6.45, 7) is 24.6. The van der Waals surface area contributed by atoms with Gasteiger partial charge in [0.2, 0.25) is 5.88 Å². The van der Waals surface area contributed by atoms with Crippen LogP contribution in [0.15, 0.2) is 58.2 Å². The topological polar surface area (TPSA) is 228 Å². The van der Waals surface area contributed by atoms with Crippen LogP contribution in [0, 0.1) is 25.5 Å². The Morgan fingerprint density at radius 3 is 1.90 bits per heavy atom. The number of aliphatic hydroxyl groups is 1. The molecule has 18 nitrogen and oxygen atoms in total. The Balaban J connectivity index is 0.000000337. The van der Waals surface area contributed by atoms with Crippen LogP contribution in [0.1, 0.15) is 108 Å². The molecule has 0 unspecified atom stereocenters. The molecule has 5 N–H and O–H groups in total. The van der Waals surface area contributed by atoms with Gasteiger partial charge in [0.15, 0.2) is 6.73 Å². The number of hydrogen-bond acceptors (Lipinski definition) is 13.